The Morgan fingerprint density at radius 1 is 1.08 bits per heavy atom. The summed E-state index contributed by atoms with van der Waals surface area (Å²) in [5.74, 6) is -0.815. The summed E-state index contributed by atoms with van der Waals surface area (Å²) >= 11 is 0. The standard InChI is InChI=1S/C21H23NO4/c1-14-12-22(13-19(14)21(24)25)20(23)17-8-10-18(11-9-17)26-15(2)16-6-4-3-5-7-16/h3-11,14-15,19H,12-13H2,1-2H3,(H,24,25)/t14-,15?,19-/m1/s1. The molecule has 0 aromatic heterocycles. The Hall–Kier alpha value is -2.82. The SMILES string of the molecule is CC(Oc1ccc(C(=O)N2C[C@@H](C)[C@H](C(=O)O)C2)cc1)c1ccccc1. The Labute approximate surface area is 153 Å². The Bertz CT molecular complexity index is 772. The van der Waals surface area contributed by atoms with Gasteiger partial charge in [0, 0.05) is 18.7 Å². The number of hydrogen-bond acceptors (Lipinski definition) is 3. The molecular formula is C21H23NO4. The van der Waals surface area contributed by atoms with Gasteiger partial charge < -0.3 is 14.7 Å². The molecule has 0 aliphatic carbocycles. The fourth-order valence-electron chi connectivity index (χ4n) is 3.31. The number of carboxylic acids is 1. The second kappa shape index (κ2) is 7.60. The van der Waals surface area contributed by atoms with E-state index in [0.29, 0.717) is 17.9 Å². The fraction of sp³-hybridized carbons (Fsp3) is 0.333. The number of amides is 1. The molecule has 1 aliphatic heterocycles. The maximum Gasteiger partial charge on any atom is 0.308 e. The van der Waals surface area contributed by atoms with Crippen LogP contribution in [0, 0.1) is 11.8 Å². The molecule has 1 unspecified atom stereocenters. The Morgan fingerprint density at radius 3 is 2.31 bits per heavy atom. The van der Waals surface area contributed by atoms with Gasteiger partial charge >= 0.3 is 5.97 Å². The molecular weight excluding hydrogens is 330 g/mol. The number of ether oxygens (including phenoxy) is 1. The first-order valence-corrected chi connectivity index (χ1v) is 8.79. The minimum Gasteiger partial charge on any atom is -0.486 e. The first-order chi connectivity index (χ1) is 12.5. The zero-order valence-electron chi connectivity index (χ0n) is 15.0. The predicted molar refractivity (Wildman–Crippen MR) is 98.1 cm³/mol. The van der Waals surface area contributed by atoms with E-state index in [1.165, 1.54) is 0 Å². The molecule has 1 fully saturated rings. The number of hydrogen-bond donors (Lipinski definition) is 1. The van der Waals surface area contributed by atoms with Crippen molar-refractivity contribution in [1.29, 1.82) is 0 Å². The van der Waals surface area contributed by atoms with Crippen LogP contribution in [0.2, 0.25) is 0 Å². The van der Waals surface area contributed by atoms with Crippen molar-refractivity contribution in [3.8, 4) is 5.75 Å². The van der Waals surface area contributed by atoms with Gasteiger partial charge in [-0.2, -0.15) is 0 Å². The number of carbonyl (C=O) groups excluding carboxylic acids is 1. The van der Waals surface area contributed by atoms with Gasteiger partial charge in [0.25, 0.3) is 5.91 Å². The molecule has 2 aromatic carbocycles. The van der Waals surface area contributed by atoms with Gasteiger partial charge in [-0.1, -0.05) is 37.3 Å². The zero-order chi connectivity index (χ0) is 18.7. The lowest BCUT2D eigenvalue weighted by molar-refractivity contribution is -0.142. The number of aliphatic carboxylic acids is 1. The topological polar surface area (TPSA) is 66.8 Å². The van der Waals surface area contributed by atoms with Crippen LogP contribution in [0.25, 0.3) is 0 Å². The van der Waals surface area contributed by atoms with Gasteiger partial charge in [0.2, 0.25) is 0 Å². The number of benzene rings is 2. The van der Waals surface area contributed by atoms with E-state index in [1.54, 1.807) is 29.2 Å². The van der Waals surface area contributed by atoms with Gasteiger partial charge in [0.15, 0.2) is 0 Å². The third-order valence-electron chi connectivity index (χ3n) is 4.90. The van der Waals surface area contributed by atoms with E-state index in [1.807, 2.05) is 44.2 Å². The van der Waals surface area contributed by atoms with Crippen molar-refractivity contribution in [2.24, 2.45) is 11.8 Å². The third kappa shape index (κ3) is 3.87. The Morgan fingerprint density at radius 2 is 1.73 bits per heavy atom. The minimum absolute atomic E-state index is 0.0363. The van der Waals surface area contributed by atoms with Crippen LogP contribution < -0.4 is 4.74 Å². The lowest BCUT2D eigenvalue weighted by Gasteiger charge is -2.17. The lowest BCUT2D eigenvalue weighted by Crippen LogP contribution is -2.29. The molecule has 1 N–H and O–H groups in total. The fourth-order valence-corrected chi connectivity index (χ4v) is 3.31. The van der Waals surface area contributed by atoms with Crippen molar-refractivity contribution >= 4 is 11.9 Å². The smallest absolute Gasteiger partial charge is 0.308 e. The molecule has 1 heterocycles. The Kier molecular flexibility index (Phi) is 5.26. The number of carbonyl (C=O) groups is 2. The van der Waals surface area contributed by atoms with Crippen LogP contribution >= 0.6 is 0 Å². The molecule has 0 spiro atoms. The van der Waals surface area contributed by atoms with Crippen molar-refractivity contribution in [3.63, 3.8) is 0 Å². The van der Waals surface area contributed by atoms with Gasteiger partial charge in [0.1, 0.15) is 11.9 Å². The summed E-state index contributed by atoms with van der Waals surface area (Å²) in [5.41, 5.74) is 1.63. The zero-order valence-corrected chi connectivity index (χ0v) is 15.0. The minimum atomic E-state index is -0.841. The molecule has 0 saturated carbocycles. The number of likely N-dealkylation sites (tertiary alicyclic amines) is 1. The third-order valence-corrected chi connectivity index (χ3v) is 4.90. The van der Waals surface area contributed by atoms with Gasteiger partial charge in [-0.15, -0.1) is 0 Å². The predicted octanol–water partition coefficient (Wildman–Crippen LogP) is 3.62. The van der Waals surface area contributed by atoms with E-state index in [4.69, 9.17) is 4.74 Å². The first-order valence-electron chi connectivity index (χ1n) is 8.79. The maximum atomic E-state index is 12.6. The first kappa shape index (κ1) is 18.0. The molecule has 136 valence electrons. The largest absolute Gasteiger partial charge is 0.486 e. The van der Waals surface area contributed by atoms with E-state index in [9.17, 15) is 14.7 Å². The normalized spacial score (nSPS) is 20.6. The summed E-state index contributed by atoms with van der Waals surface area (Å²) in [4.78, 5) is 25.5. The van der Waals surface area contributed by atoms with Crippen LogP contribution in [-0.4, -0.2) is 35.0 Å². The van der Waals surface area contributed by atoms with Crippen LogP contribution in [0.3, 0.4) is 0 Å². The van der Waals surface area contributed by atoms with Gasteiger partial charge in [-0.05, 0) is 42.7 Å². The molecule has 2 aromatic rings. The Balaban J connectivity index is 1.64. The van der Waals surface area contributed by atoms with Gasteiger partial charge in [-0.3, -0.25) is 9.59 Å². The van der Waals surface area contributed by atoms with Crippen molar-refractivity contribution < 1.29 is 19.4 Å². The van der Waals surface area contributed by atoms with Crippen molar-refractivity contribution in [2.45, 2.75) is 20.0 Å². The molecule has 26 heavy (non-hydrogen) atoms. The summed E-state index contributed by atoms with van der Waals surface area (Å²) < 4.78 is 5.92. The van der Waals surface area contributed by atoms with Crippen molar-refractivity contribution in [2.75, 3.05) is 13.1 Å². The molecule has 3 rings (SSSR count). The van der Waals surface area contributed by atoms with E-state index in [0.717, 1.165) is 5.56 Å². The second-order valence-electron chi connectivity index (χ2n) is 6.83. The number of rotatable bonds is 5. The monoisotopic (exact) mass is 353 g/mol. The summed E-state index contributed by atoms with van der Waals surface area (Å²) in [7, 11) is 0. The molecule has 0 radical (unpaired) electrons. The van der Waals surface area contributed by atoms with Crippen LogP contribution in [0.15, 0.2) is 54.6 Å². The van der Waals surface area contributed by atoms with Crippen LogP contribution in [0.1, 0.15) is 35.9 Å². The summed E-state index contributed by atoms with van der Waals surface area (Å²) in [5, 5.41) is 9.21. The van der Waals surface area contributed by atoms with Gasteiger partial charge in [0.05, 0.1) is 5.92 Å². The highest BCUT2D eigenvalue weighted by Crippen LogP contribution is 2.26. The highest BCUT2D eigenvalue weighted by molar-refractivity contribution is 5.95. The average molecular weight is 353 g/mol. The number of carboxylic acid groups (broad SMARTS) is 1. The summed E-state index contributed by atoms with van der Waals surface area (Å²) in [6, 6.07) is 16.9. The van der Waals surface area contributed by atoms with E-state index >= 15 is 0 Å². The molecule has 1 aliphatic rings. The van der Waals surface area contributed by atoms with E-state index in [2.05, 4.69) is 0 Å². The van der Waals surface area contributed by atoms with Crippen molar-refractivity contribution in [1.82, 2.24) is 4.90 Å². The second-order valence-corrected chi connectivity index (χ2v) is 6.83. The van der Waals surface area contributed by atoms with Crippen LogP contribution in [0.4, 0.5) is 0 Å². The van der Waals surface area contributed by atoms with Crippen LogP contribution in [0.5, 0.6) is 5.75 Å². The molecule has 5 nitrogen and oxygen atoms in total. The molecule has 3 atom stereocenters. The maximum absolute atomic E-state index is 12.6. The summed E-state index contributed by atoms with van der Waals surface area (Å²) in [6.45, 7) is 4.58. The molecule has 5 heteroatoms. The van der Waals surface area contributed by atoms with Crippen LogP contribution in [-0.2, 0) is 4.79 Å². The van der Waals surface area contributed by atoms with Crippen molar-refractivity contribution in [3.05, 3.63) is 65.7 Å². The number of nitrogens with zero attached hydrogens (tertiary/aromatic N) is 1. The summed E-state index contributed by atoms with van der Waals surface area (Å²) in [6.07, 6.45) is -0.0893. The highest BCUT2D eigenvalue weighted by atomic mass is 16.5. The molecule has 1 saturated heterocycles. The average Bonchev–Trinajstić information content (AvgIpc) is 3.04. The lowest BCUT2D eigenvalue weighted by atomic mass is 9.99. The van der Waals surface area contributed by atoms with E-state index < -0.39 is 11.9 Å². The quantitative estimate of drug-likeness (QED) is 0.891. The highest BCUT2D eigenvalue weighted by Gasteiger charge is 2.37. The molecule has 1 amide bonds. The van der Waals surface area contributed by atoms with Gasteiger partial charge in [-0.25, -0.2) is 0 Å². The van der Waals surface area contributed by atoms with E-state index in [-0.39, 0.29) is 24.5 Å². The molecule has 0 bridgehead atoms.